The van der Waals surface area contributed by atoms with Gasteiger partial charge in [-0.05, 0) is 50.3 Å². The van der Waals surface area contributed by atoms with Crippen molar-refractivity contribution in [3.05, 3.63) is 29.3 Å². The van der Waals surface area contributed by atoms with Crippen molar-refractivity contribution in [1.82, 2.24) is 4.90 Å². The largest absolute Gasteiger partial charge is 0.391 e. The number of likely N-dealkylation sites (N-methyl/N-ethyl adjacent to an activating group) is 1. The minimum atomic E-state index is -3.32. The molecule has 26 heavy (non-hydrogen) atoms. The molecule has 0 radical (unpaired) electrons. The summed E-state index contributed by atoms with van der Waals surface area (Å²) < 4.78 is 26.3. The van der Waals surface area contributed by atoms with Gasteiger partial charge in [0.15, 0.2) is 0 Å². The lowest BCUT2D eigenvalue weighted by molar-refractivity contribution is 0.0268. The summed E-state index contributed by atoms with van der Waals surface area (Å²) in [7, 11) is -1.60. The van der Waals surface area contributed by atoms with Crippen LogP contribution in [0.1, 0.15) is 54.4 Å². The van der Waals surface area contributed by atoms with Gasteiger partial charge in [-0.1, -0.05) is 18.9 Å². The number of aryl methyl sites for hydroxylation is 1. The van der Waals surface area contributed by atoms with Crippen molar-refractivity contribution >= 4 is 21.6 Å². The smallest absolute Gasteiger partial charge is 0.254 e. The first-order chi connectivity index (χ1) is 12.3. The number of hydrogen-bond donors (Lipinski definition) is 1. The van der Waals surface area contributed by atoms with Gasteiger partial charge < -0.3 is 10.0 Å². The third-order valence-electron chi connectivity index (χ3n) is 5.59. The average molecular weight is 381 g/mol. The fraction of sp³-hybridized carbons (Fsp3) is 0.632. The zero-order valence-electron chi connectivity index (χ0n) is 15.5. The van der Waals surface area contributed by atoms with Crippen LogP contribution in [0, 0.1) is 6.92 Å². The standard InChI is InChI=1S/C19H28N2O4S/c1-14-9-10-15(13-17(14)21-11-5-6-12-26(21,24)25)19(23)20(2)16-7-3-4-8-18(16)22/h9-10,13,16,18,22H,3-8,11-12H2,1-2H3/t16-,18-/m1/s1. The summed E-state index contributed by atoms with van der Waals surface area (Å²) in [5.74, 6) is -0.0229. The number of nitrogens with zero attached hydrogens (tertiary/aromatic N) is 2. The van der Waals surface area contributed by atoms with Gasteiger partial charge in [0.25, 0.3) is 5.91 Å². The third kappa shape index (κ3) is 3.74. The molecule has 1 aromatic rings. The highest BCUT2D eigenvalue weighted by molar-refractivity contribution is 7.92. The number of carbonyl (C=O) groups excluding carboxylic acids is 1. The Labute approximate surface area is 155 Å². The Hall–Kier alpha value is -1.60. The van der Waals surface area contributed by atoms with Crippen LogP contribution in [0.5, 0.6) is 0 Å². The van der Waals surface area contributed by atoms with Gasteiger partial charge in [0.2, 0.25) is 10.0 Å². The summed E-state index contributed by atoms with van der Waals surface area (Å²) >= 11 is 0. The van der Waals surface area contributed by atoms with E-state index >= 15 is 0 Å². The van der Waals surface area contributed by atoms with Gasteiger partial charge in [0, 0.05) is 19.2 Å². The van der Waals surface area contributed by atoms with Gasteiger partial charge in [-0.3, -0.25) is 9.10 Å². The monoisotopic (exact) mass is 380 g/mol. The van der Waals surface area contributed by atoms with Crippen molar-refractivity contribution < 1.29 is 18.3 Å². The number of aliphatic hydroxyl groups excluding tert-OH is 1. The molecular weight excluding hydrogens is 352 g/mol. The maximum atomic E-state index is 12.9. The number of anilines is 1. The van der Waals surface area contributed by atoms with E-state index in [1.807, 2.05) is 6.92 Å². The predicted octanol–water partition coefficient (Wildman–Crippen LogP) is 2.30. The highest BCUT2D eigenvalue weighted by Gasteiger charge is 2.31. The minimum absolute atomic E-state index is 0.152. The molecule has 0 aromatic heterocycles. The van der Waals surface area contributed by atoms with Crippen LogP contribution in [0.2, 0.25) is 0 Å². The molecule has 1 N–H and O–H groups in total. The summed E-state index contributed by atoms with van der Waals surface area (Å²) in [4.78, 5) is 14.6. The molecule has 2 aliphatic rings. The highest BCUT2D eigenvalue weighted by atomic mass is 32.2. The number of amides is 1. The second-order valence-corrected chi connectivity index (χ2v) is 9.44. The van der Waals surface area contributed by atoms with Gasteiger partial charge in [-0.25, -0.2) is 8.42 Å². The summed E-state index contributed by atoms with van der Waals surface area (Å²) in [6, 6.07) is 5.05. The molecule has 1 saturated carbocycles. The molecule has 144 valence electrons. The van der Waals surface area contributed by atoms with E-state index in [0.717, 1.165) is 31.2 Å². The van der Waals surface area contributed by atoms with E-state index in [2.05, 4.69) is 0 Å². The molecule has 1 aliphatic carbocycles. The van der Waals surface area contributed by atoms with Crippen LogP contribution in [0.3, 0.4) is 0 Å². The van der Waals surface area contributed by atoms with E-state index in [4.69, 9.17) is 0 Å². The van der Waals surface area contributed by atoms with Crippen LogP contribution < -0.4 is 4.31 Å². The predicted molar refractivity (Wildman–Crippen MR) is 102 cm³/mol. The Morgan fingerprint density at radius 1 is 1.19 bits per heavy atom. The fourth-order valence-electron chi connectivity index (χ4n) is 3.97. The summed E-state index contributed by atoms with van der Waals surface area (Å²) in [5.41, 5.74) is 1.90. The van der Waals surface area contributed by atoms with Gasteiger partial charge in [-0.15, -0.1) is 0 Å². The first kappa shape index (κ1) is 19.2. The van der Waals surface area contributed by atoms with Crippen LogP contribution in [0.15, 0.2) is 18.2 Å². The van der Waals surface area contributed by atoms with Crippen LogP contribution in [-0.4, -0.2) is 55.8 Å². The normalized spacial score (nSPS) is 25.7. The summed E-state index contributed by atoms with van der Waals surface area (Å²) in [5, 5.41) is 10.2. The van der Waals surface area contributed by atoms with Crippen LogP contribution in [-0.2, 0) is 10.0 Å². The van der Waals surface area contributed by atoms with Crippen molar-refractivity contribution in [3.8, 4) is 0 Å². The molecule has 3 rings (SSSR count). The van der Waals surface area contributed by atoms with E-state index in [9.17, 15) is 18.3 Å². The second-order valence-electron chi connectivity index (χ2n) is 7.43. The lowest BCUT2D eigenvalue weighted by Crippen LogP contribution is -2.46. The lowest BCUT2D eigenvalue weighted by atomic mass is 9.91. The SMILES string of the molecule is Cc1ccc(C(=O)N(C)[C@@H]2CCCC[C@H]2O)cc1N1CCCCS1(=O)=O. The molecule has 1 heterocycles. The molecule has 6 nitrogen and oxygen atoms in total. The van der Waals surface area contributed by atoms with Gasteiger partial charge in [0.05, 0.1) is 23.6 Å². The van der Waals surface area contributed by atoms with Crippen LogP contribution in [0.25, 0.3) is 0 Å². The lowest BCUT2D eigenvalue weighted by Gasteiger charge is -2.35. The van der Waals surface area contributed by atoms with E-state index in [1.54, 1.807) is 30.1 Å². The van der Waals surface area contributed by atoms with E-state index in [0.29, 0.717) is 30.6 Å². The number of rotatable bonds is 3. The minimum Gasteiger partial charge on any atom is -0.391 e. The average Bonchev–Trinajstić information content (AvgIpc) is 2.61. The Kier molecular flexibility index (Phi) is 5.58. The van der Waals surface area contributed by atoms with Gasteiger partial charge in [-0.2, -0.15) is 0 Å². The van der Waals surface area contributed by atoms with Crippen LogP contribution in [0.4, 0.5) is 5.69 Å². The topological polar surface area (TPSA) is 77.9 Å². The van der Waals surface area contributed by atoms with Gasteiger partial charge in [0.1, 0.15) is 0 Å². The van der Waals surface area contributed by atoms with Crippen molar-refractivity contribution in [1.29, 1.82) is 0 Å². The Bertz CT molecular complexity index is 778. The Balaban J connectivity index is 1.88. The van der Waals surface area contributed by atoms with Gasteiger partial charge >= 0.3 is 0 Å². The molecule has 2 fully saturated rings. The first-order valence-corrected chi connectivity index (χ1v) is 11.0. The molecule has 1 amide bonds. The number of sulfonamides is 1. The molecule has 0 unspecified atom stereocenters. The Morgan fingerprint density at radius 3 is 2.62 bits per heavy atom. The molecular formula is C19H28N2O4S. The van der Waals surface area contributed by atoms with E-state index in [-0.39, 0.29) is 17.7 Å². The Morgan fingerprint density at radius 2 is 1.92 bits per heavy atom. The molecule has 0 spiro atoms. The maximum Gasteiger partial charge on any atom is 0.254 e. The summed E-state index contributed by atoms with van der Waals surface area (Å²) in [6.07, 6.45) is 4.51. The molecule has 1 aromatic carbocycles. The number of hydrogen-bond acceptors (Lipinski definition) is 4. The third-order valence-corrected chi connectivity index (χ3v) is 7.44. The fourth-order valence-corrected chi connectivity index (χ4v) is 5.66. The van der Waals surface area contributed by atoms with E-state index in [1.165, 1.54) is 4.31 Å². The van der Waals surface area contributed by atoms with Crippen molar-refractivity contribution in [2.75, 3.05) is 23.7 Å². The molecule has 1 saturated heterocycles. The van der Waals surface area contributed by atoms with Crippen molar-refractivity contribution in [2.45, 2.75) is 57.6 Å². The number of carbonyl (C=O) groups is 1. The highest BCUT2D eigenvalue weighted by Crippen LogP contribution is 2.29. The molecule has 7 heteroatoms. The zero-order chi connectivity index (χ0) is 18.9. The zero-order valence-corrected chi connectivity index (χ0v) is 16.3. The first-order valence-electron chi connectivity index (χ1n) is 9.37. The van der Waals surface area contributed by atoms with E-state index < -0.39 is 16.1 Å². The van der Waals surface area contributed by atoms with Crippen molar-refractivity contribution in [2.24, 2.45) is 0 Å². The second kappa shape index (κ2) is 7.56. The quantitative estimate of drug-likeness (QED) is 0.873. The number of benzene rings is 1. The van der Waals surface area contributed by atoms with Crippen LogP contribution >= 0.6 is 0 Å². The molecule has 2 atom stereocenters. The maximum absolute atomic E-state index is 12.9. The van der Waals surface area contributed by atoms with Crippen molar-refractivity contribution in [3.63, 3.8) is 0 Å². The number of aliphatic hydroxyl groups is 1. The summed E-state index contributed by atoms with van der Waals surface area (Å²) in [6.45, 7) is 2.32. The molecule has 0 bridgehead atoms. The molecule has 1 aliphatic heterocycles.